The molecule has 1 aliphatic rings. The molecule has 1 heterocycles. The van der Waals surface area contributed by atoms with Crippen LogP contribution in [0.3, 0.4) is 0 Å². The maximum atomic E-state index is 11.8. The summed E-state index contributed by atoms with van der Waals surface area (Å²) in [4.78, 5) is 11.8. The standard InChI is InChI=1S/C14H12ClN3O/c1-9-2-7-12(19)13-14(9)18(17-16-13)8-10-3-5-11(15)6-4-10/h3-6H,1-2,7-8H2. The molecule has 1 aromatic carbocycles. The summed E-state index contributed by atoms with van der Waals surface area (Å²) in [5, 5.41) is 8.74. The van der Waals surface area contributed by atoms with E-state index >= 15 is 0 Å². The molecule has 0 aliphatic heterocycles. The van der Waals surface area contributed by atoms with Gasteiger partial charge < -0.3 is 0 Å². The van der Waals surface area contributed by atoms with Gasteiger partial charge in [-0.1, -0.05) is 35.5 Å². The number of fused-ring (bicyclic) bond motifs is 1. The quantitative estimate of drug-likeness (QED) is 0.845. The van der Waals surface area contributed by atoms with Crippen LogP contribution in [0.2, 0.25) is 5.02 Å². The number of carbonyl (C=O) groups is 1. The molecule has 19 heavy (non-hydrogen) atoms. The van der Waals surface area contributed by atoms with Crippen molar-refractivity contribution in [3.8, 4) is 0 Å². The van der Waals surface area contributed by atoms with Crippen molar-refractivity contribution in [1.82, 2.24) is 15.0 Å². The Balaban J connectivity index is 1.96. The maximum Gasteiger partial charge on any atom is 0.185 e. The molecular formula is C14H12ClN3O. The summed E-state index contributed by atoms with van der Waals surface area (Å²) < 4.78 is 1.73. The van der Waals surface area contributed by atoms with Gasteiger partial charge in [-0.15, -0.1) is 5.10 Å². The molecule has 1 aliphatic carbocycles. The molecule has 0 amide bonds. The lowest BCUT2D eigenvalue weighted by atomic mass is 9.95. The Morgan fingerprint density at radius 1 is 1.26 bits per heavy atom. The van der Waals surface area contributed by atoms with Crippen molar-refractivity contribution in [2.45, 2.75) is 19.4 Å². The first-order chi connectivity index (χ1) is 9.15. The van der Waals surface area contributed by atoms with Crippen LogP contribution in [0.4, 0.5) is 0 Å². The first kappa shape index (κ1) is 12.1. The predicted octanol–water partition coefficient (Wildman–Crippen LogP) is 2.97. The van der Waals surface area contributed by atoms with E-state index in [1.54, 1.807) is 4.68 Å². The van der Waals surface area contributed by atoms with Crippen molar-refractivity contribution in [2.75, 3.05) is 0 Å². The lowest BCUT2D eigenvalue weighted by Crippen LogP contribution is -2.13. The number of aromatic nitrogens is 3. The molecule has 0 saturated heterocycles. The molecule has 96 valence electrons. The van der Waals surface area contributed by atoms with Gasteiger partial charge in [0.15, 0.2) is 11.5 Å². The van der Waals surface area contributed by atoms with E-state index in [2.05, 4.69) is 16.9 Å². The normalized spacial score (nSPS) is 14.6. The summed E-state index contributed by atoms with van der Waals surface area (Å²) >= 11 is 5.86. The topological polar surface area (TPSA) is 47.8 Å². The summed E-state index contributed by atoms with van der Waals surface area (Å²) in [7, 11) is 0. The monoisotopic (exact) mass is 273 g/mol. The van der Waals surface area contributed by atoms with Crippen LogP contribution in [0, 0.1) is 0 Å². The molecule has 3 rings (SSSR count). The third-order valence-electron chi connectivity index (χ3n) is 3.23. The molecule has 0 unspecified atom stereocenters. The predicted molar refractivity (Wildman–Crippen MR) is 73.2 cm³/mol. The van der Waals surface area contributed by atoms with Gasteiger partial charge in [0.05, 0.1) is 12.2 Å². The smallest absolute Gasteiger partial charge is 0.185 e. The fraction of sp³-hybridized carbons (Fsp3) is 0.214. The molecule has 4 nitrogen and oxygen atoms in total. The van der Waals surface area contributed by atoms with E-state index in [1.807, 2.05) is 24.3 Å². The van der Waals surface area contributed by atoms with Crippen LogP contribution in [0.15, 0.2) is 30.8 Å². The van der Waals surface area contributed by atoms with Crippen molar-refractivity contribution in [3.63, 3.8) is 0 Å². The highest BCUT2D eigenvalue weighted by Crippen LogP contribution is 2.28. The number of rotatable bonds is 2. The fourth-order valence-electron chi connectivity index (χ4n) is 2.23. The average Bonchev–Trinajstić information content (AvgIpc) is 2.82. The van der Waals surface area contributed by atoms with E-state index in [1.165, 1.54) is 0 Å². The first-order valence-corrected chi connectivity index (χ1v) is 6.42. The Labute approximate surface area is 115 Å². The van der Waals surface area contributed by atoms with Gasteiger partial charge in [0.1, 0.15) is 0 Å². The van der Waals surface area contributed by atoms with Crippen LogP contribution in [-0.2, 0) is 6.54 Å². The fourth-order valence-corrected chi connectivity index (χ4v) is 2.35. The van der Waals surface area contributed by atoms with Crippen molar-refractivity contribution in [3.05, 3.63) is 52.8 Å². The largest absolute Gasteiger partial charge is 0.292 e. The van der Waals surface area contributed by atoms with Crippen LogP contribution in [0.5, 0.6) is 0 Å². The Morgan fingerprint density at radius 3 is 2.74 bits per heavy atom. The number of nitrogens with zero attached hydrogens (tertiary/aromatic N) is 3. The lowest BCUT2D eigenvalue weighted by Gasteiger charge is -2.14. The third kappa shape index (κ3) is 2.19. The second-order valence-corrected chi connectivity index (χ2v) is 5.03. The van der Waals surface area contributed by atoms with Gasteiger partial charge in [-0.2, -0.15) is 0 Å². The number of hydrogen-bond acceptors (Lipinski definition) is 3. The number of carbonyl (C=O) groups excluding carboxylic acids is 1. The summed E-state index contributed by atoms with van der Waals surface area (Å²) in [6.45, 7) is 4.57. The van der Waals surface area contributed by atoms with Gasteiger partial charge in [-0.25, -0.2) is 4.68 Å². The molecule has 0 atom stereocenters. The number of Topliss-reactive ketones (excluding diaryl/α,β-unsaturated/α-hetero) is 1. The van der Waals surface area contributed by atoms with E-state index in [-0.39, 0.29) is 5.78 Å². The van der Waals surface area contributed by atoms with Gasteiger partial charge in [-0.3, -0.25) is 4.79 Å². The van der Waals surface area contributed by atoms with E-state index in [9.17, 15) is 4.79 Å². The molecule has 0 N–H and O–H groups in total. The molecular weight excluding hydrogens is 262 g/mol. The Kier molecular flexibility index (Phi) is 2.95. The Morgan fingerprint density at radius 2 is 2.00 bits per heavy atom. The zero-order valence-electron chi connectivity index (χ0n) is 10.3. The highest BCUT2D eigenvalue weighted by molar-refractivity contribution is 6.30. The maximum absolute atomic E-state index is 11.8. The van der Waals surface area contributed by atoms with Crippen LogP contribution >= 0.6 is 11.6 Å². The zero-order valence-corrected chi connectivity index (χ0v) is 11.0. The third-order valence-corrected chi connectivity index (χ3v) is 3.49. The summed E-state index contributed by atoms with van der Waals surface area (Å²) in [6, 6.07) is 7.54. The second-order valence-electron chi connectivity index (χ2n) is 4.60. The van der Waals surface area contributed by atoms with Crippen molar-refractivity contribution >= 4 is 23.0 Å². The van der Waals surface area contributed by atoms with Crippen molar-refractivity contribution in [1.29, 1.82) is 0 Å². The summed E-state index contributed by atoms with van der Waals surface area (Å²) in [6.07, 6.45) is 1.16. The Hall–Kier alpha value is -1.94. The van der Waals surface area contributed by atoms with Crippen molar-refractivity contribution < 1.29 is 4.79 Å². The zero-order chi connectivity index (χ0) is 13.4. The van der Waals surface area contributed by atoms with Gasteiger partial charge in [0, 0.05) is 11.4 Å². The van der Waals surface area contributed by atoms with Crippen molar-refractivity contribution in [2.24, 2.45) is 0 Å². The van der Waals surface area contributed by atoms with E-state index in [0.29, 0.717) is 30.1 Å². The summed E-state index contributed by atoms with van der Waals surface area (Å²) in [5.74, 6) is 0.0461. The van der Waals surface area contributed by atoms with E-state index in [4.69, 9.17) is 11.6 Å². The molecule has 0 spiro atoms. The van der Waals surface area contributed by atoms with Crippen LogP contribution < -0.4 is 0 Å². The van der Waals surface area contributed by atoms with Crippen LogP contribution in [-0.4, -0.2) is 20.8 Å². The Bertz CT molecular complexity index is 658. The molecule has 1 aromatic heterocycles. The number of benzene rings is 1. The molecule has 2 aromatic rings. The van der Waals surface area contributed by atoms with Gasteiger partial charge in [0.2, 0.25) is 0 Å². The molecule has 5 heteroatoms. The molecule has 0 fully saturated rings. The van der Waals surface area contributed by atoms with Gasteiger partial charge >= 0.3 is 0 Å². The molecule has 0 bridgehead atoms. The molecule has 0 radical (unpaired) electrons. The van der Waals surface area contributed by atoms with Gasteiger partial charge in [0.25, 0.3) is 0 Å². The lowest BCUT2D eigenvalue weighted by molar-refractivity contribution is 0.0975. The second kappa shape index (κ2) is 4.63. The molecule has 0 saturated carbocycles. The van der Waals surface area contributed by atoms with Gasteiger partial charge in [-0.05, 0) is 29.7 Å². The average molecular weight is 274 g/mol. The highest BCUT2D eigenvalue weighted by Gasteiger charge is 2.26. The summed E-state index contributed by atoms with van der Waals surface area (Å²) in [5.41, 5.74) is 3.20. The number of halogens is 1. The minimum absolute atomic E-state index is 0.0461. The van der Waals surface area contributed by atoms with Crippen LogP contribution in [0.1, 0.15) is 34.6 Å². The van der Waals surface area contributed by atoms with Crippen LogP contribution in [0.25, 0.3) is 5.57 Å². The minimum atomic E-state index is 0.0461. The van der Waals surface area contributed by atoms with E-state index < -0.39 is 0 Å². The number of ketones is 1. The highest BCUT2D eigenvalue weighted by atomic mass is 35.5. The van der Waals surface area contributed by atoms with E-state index in [0.717, 1.165) is 16.8 Å². The SMILES string of the molecule is C=C1CCC(=O)c2nnn(Cc3ccc(Cl)cc3)c21. The minimum Gasteiger partial charge on any atom is -0.292 e. The number of hydrogen-bond donors (Lipinski definition) is 0. The first-order valence-electron chi connectivity index (χ1n) is 6.04. The number of allylic oxidation sites excluding steroid dienone is 1.